The van der Waals surface area contributed by atoms with E-state index in [0.29, 0.717) is 12.5 Å². The Morgan fingerprint density at radius 2 is 2.32 bits per heavy atom. The molecule has 0 unspecified atom stereocenters. The molecule has 1 fully saturated rings. The van der Waals surface area contributed by atoms with Crippen LogP contribution in [0.15, 0.2) is 15.9 Å². The molecule has 1 saturated carbocycles. The molecule has 2 rings (SSSR count). The Kier molecular flexibility index (Phi) is 4.86. The van der Waals surface area contributed by atoms with Crippen molar-refractivity contribution in [3.05, 3.63) is 20.8 Å². The number of urea groups is 1. The Labute approximate surface area is 125 Å². The van der Waals surface area contributed by atoms with Crippen molar-refractivity contribution in [3.63, 3.8) is 0 Å². The minimum Gasteiger partial charge on any atom is -0.394 e. The van der Waals surface area contributed by atoms with Gasteiger partial charge >= 0.3 is 6.03 Å². The summed E-state index contributed by atoms with van der Waals surface area (Å²) >= 11 is 5.09. The maximum absolute atomic E-state index is 11.8. The summed E-state index contributed by atoms with van der Waals surface area (Å²) in [6, 6.07) is 3.87. The van der Waals surface area contributed by atoms with Crippen LogP contribution in [0.1, 0.15) is 24.6 Å². The highest BCUT2D eigenvalue weighted by molar-refractivity contribution is 9.11. The van der Waals surface area contributed by atoms with Crippen LogP contribution in [0, 0.1) is 5.92 Å². The Morgan fingerprint density at radius 1 is 1.58 bits per heavy atom. The fourth-order valence-corrected chi connectivity index (χ4v) is 3.56. The van der Waals surface area contributed by atoms with Crippen LogP contribution >= 0.6 is 27.3 Å². The van der Waals surface area contributed by atoms with Gasteiger partial charge in [0.15, 0.2) is 0 Å². The number of thiophene rings is 1. The molecule has 3 N–H and O–H groups in total. The maximum Gasteiger partial charge on any atom is 0.315 e. The smallest absolute Gasteiger partial charge is 0.315 e. The number of aliphatic hydroxyl groups excluding tert-OH is 1. The summed E-state index contributed by atoms with van der Waals surface area (Å²) in [5.41, 5.74) is -0.476. The minimum absolute atomic E-state index is 0.0110. The lowest BCUT2D eigenvalue weighted by molar-refractivity contribution is 0.155. The van der Waals surface area contributed by atoms with E-state index in [1.165, 1.54) is 4.88 Å². The van der Waals surface area contributed by atoms with E-state index in [-0.39, 0.29) is 12.6 Å². The molecular formula is C13H19BrN2O2S. The van der Waals surface area contributed by atoms with E-state index in [1.54, 1.807) is 11.3 Å². The second kappa shape index (κ2) is 6.24. The topological polar surface area (TPSA) is 61.4 Å². The lowest BCUT2D eigenvalue weighted by Gasteiger charge is -2.28. The molecule has 1 heterocycles. The predicted octanol–water partition coefficient (Wildman–Crippen LogP) is 2.51. The van der Waals surface area contributed by atoms with E-state index >= 15 is 0 Å². The van der Waals surface area contributed by atoms with E-state index < -0.39 is 5.54 Å². The van der Waals surface area contributed by atoms with Crippen LogP contribution in [0.4, 0.5) is 4.79 Å². The molecule has 1 aliphatic carbocycles. The molecule has 106 valence electrons. The highest BCUT2D eigenvalue weighted by Gasteiger charge is 2.42. The first-order chi connectivity index (χ1) is 9.03. The van der Waals surface area contributed by atoms with Gasteiger partial charge in [-0.3, -0.25) is 0 Å². The van der Waals surface area contributed by atoms with Gasteiger partial charge in [0, 0.05) is 11.4 Å². The average molecular weight is 347 g/mol. The van der Waals surface area contributed by atoms with E-state index in [4.69, 9.17) is 0 Å². The quantitative estimate of drug-likeness (QED) is 0.741. The fourth-order valence-electron chi connectivity index (χ4n) is 2.08. The first-order valence-corrected chi connectivity index (χ1v) is 8.05. The molecule has 0 aromatic carbocycles. The highest BCUT2D eigenvalue weighted by atomic mass is 79.9. The van der Waals surface area contributed by atoms with Crippen LogP contribution < -0.4 is 10.6 Å². The third-order valence-corrected chi connectivity index (χ3v) is 5.18. The van der Waals surface area contributed by atoms with Crippen LogP contribution in [0.2, 0.25) is 0 Å². The summed E-state index contributed by atoms with van der Waals surface area (Å²) in [7, 11) is 0. The van der Waals surface area contributed by atoms with Crippen LogP contribution in [0.5, 0.6) is 0 Å². The van der Waals surface area contributed by atoms with Crippen molar-refractivity contribution in [3.8, 4) is 0 Å². The van der Waals surface area contributed by atoms with Crippen molar-refractivity contribution in [1.82, 2.24) is 10.6 Å². The van der Waals surface area contributed by atoms with Gasteiger partial charge in [0.25, 0.3) is 0 Å². The molecule has 0 radical (unpaired) electrons. The van der Waals surface area contributed by atoms with Gasteiger partial charge in [-0.15, -0.1) is 11.3 Å². The summed E-state index contributed by atoms with van der Waals surface area (Å²) in [6.45, 7) is 2.49. The number of rotatable bonds is 6. The van der Waals surface area contributed by atoms with Crippen molar-refractivity contribution >= 4 is 33.3 Å². The van der Waals surface area contributed by atoms with Crippen molar-refractivity contribution < 1.29 is 9.90 Å². The summed E-state index contributed by atoms with van der Waals surface area (Å²) in [6.07, 6.45) is 2.99. The number of aliphatic hydroxyl groups is 1. The monoisotopic (exact) mass is 346 g/mol. The number of carbonyl (C=O) groups excluding carboxylic acids is 1. The Balaban J connectivity index is 1.72. The SMILES string of the molecule is C[C@](CO)(NC(=O)NCCc1ccc(Br)s1)C1CC1. The lowest BCUT2D eigenvalue weighted by atomic mass is 9.97. The molecule has 6 heteroatoms. The summed E-state index contributed by atoms with van der Waals surface area (Å²) < 4.78 is 1.11. The van der Waals surface area contributed by atoms with Crippen LogP contribution in [-0.2, 0) is 6.42 Å². The Hall–Kier alpha value is -0.590. The number of hydrogen-bond acceptors (Lipinski definition) is 3. The second-order valence-electron chi connectivity index (χ2n) is 5.19. The standard InChI is InChI=1S/C13H19BrN2O2S/c1-13(8-17,9-2-3-9)16-12(18)15-7-6-10-4-5-11(14)19-10/h4-5,9,17H,2-3,6-8H2,1H3,(H2,15,16,18)/t13-/m1/s1. The zero-order valence-corrected chi connectivity index (χ0v) is 13.3. The van der Waals surface area contributed by atoms with Crippen molar-refractivity contribution in [2.24, 2.45) is 5.92 Å². The zero-order chi connectivity index (χ0) is 13.9. The molecule has 1 aliphatic rings. The third-order valence-electron chi connectivity index (χ3n) is 3.49. The number of hydrogen-bond donors (Lipinski definition) is 3. The van der Waals surface area contributed by atoms with Gasteiger partial charge in [0.2, 0.25) is 0 Å². The maximum atomic E-state index is 11.8. The van der Waals surface area contributed by atoms with Crippen LogP contribution in [-0.4, -0.2) is 29.8 Å². The van der Waals surface area contributed by atoms with E-state index in [9.17, 15) is 9.90 Å². The highest BCUT2D eigenvalue weighted by Crippen LogP contribution is 2.39. The largest absolute Gasteiger partial charge is 0.394 e. The van der Waals surface area contributed by atoms with Crippen LogP contribution in [0.3, 0.4) is 0 Å². The molecule has 0 spiro atoms. The summed E-state index contributed by atoms with van der Waals surface area (Å²) in [5.74, 6) is 0.413. The molecule has 2 amide bonds. The first kappa shape index (κ1) is 14.8. The van der Waals surface area contributed by atoms with Crippen molar-refractivity contribution in [2.75, 3.05) is 13.2 Å². The van der Waals surface area contributed by atoms with Crippen molar-refractivity contribution in [2.45, 2.75) is 31.7 Å². The Bertz CT molecular complexity index is 448. The van der Waals surface area contributed by atoms with Crippen molar-refractivity contribution in [1.29, 1.82) is 0 Å². The molecule has 0 saturated heterocycles. The van der Waals surface area contributed by atoms with Gasteiger partial charge in [0.05, 0.1) is 15.9 Å². The molecular weight excluding hydrogens is 328 g/mol. The average Bonchev–Trinajstić information content (AvgIpc) is 3.14. The van der Waals surface area contributed by atoms with Crippen LogP contribution in [0.25, 0.3) is 0 Å². The number of carbonyl (C=O) groups is 1. The molecule has 4 nitrogen and oxygen atoms in total. The van der Waals surface area contributed by atoms with Gasteiger partial charge in [-0.05, 0) is 60.2 Å². The van der Waals surface area contributed by atoms with Gasteiger partial charge in [-0.1, -0.05) is 0 Å². The predicted molar refractivity (Wildman–Crippen MR) is 80.5 cm³/mol. The summed E-state index contributed by atoms with van der Waals surface area (Å²) in [5, 5.41) is 15.1. The molecule has 1 atom stereocenters. The van der Waals surface area contributed by atoms with Gasteiger partial charge in [0.1, 0.15) is 0 Å². The van der Waals surface area contributed by atoms with E-state index in [2.05, 4.69) is 32.6 Å². The second-order valence-corrected chi connectivity index (χ2v) is 7.73. The fraction of sp³-hybridized carbons (Fsp3) is 0.615. The summed E-state index contributed by atoms with van der Waals surface area (Å²) in [4.78, 5) is 13.0. The van der Waals surface area contributed by atoms with Gasteiger partial charge in [-0.2, -0.15) is 0 Å². The molecule has 0 aliphatic heterocycles. The molecule has 1 aromatic rings. The lowest BCUT2D eigenvalue weighted by Crippen LogP contribution is -2.54. The van der Waals surface area contributed by atoms with E-state index in [1.807, 2.05) is 13.0 Å². The first-order valence-electron chi connectivity index (χ1n) is 6.44. The zero-order valence-electron chi connectivity index (χ0n) is 10.9. The molecule has 19 heavy (non-hydrogen) atoms. The molecule has 1 aromatic heterocycles. The number of halogens is 1. The normalized spacial score (nSPS) is 17.8. The van der Waals surface area contributed by atoms with Gasteiger partial charge < -0.3 is 15.7 Å². The molecule has 0 bridgehead atoms. The third kappa shape index (κ3) is 4.19. The van der Waals surface area contributed by atoms with E-state index in [0.717, 1.165) is 23.0 Å². The van der Waals surface area contributed by atoms with Gasteiger partial charge in [-0.25, -0.2) is 4.79 Å². The minimum atomic E-state index is -0.476. The Morgan fingerprint density at radius 3 is 2.84 bits per heavy atom. The number of nitrogens with one attached hydrogen (secondary N) is 2. The number of amides is 2.